The topological polar surface area (TPSA) is 104 Å². The zero-order valence-electron chi connectivity index (χ0n) is 20.2. The number of aliphatic hydroxyl groups excluding tert-OH is 1. The lowest BCUT2D eigenvalue weighted by molar-refractivity contribution is -0.137. The molecule has 0 saturated carbocycles. The molecule has 2 aliphatic rings. The van der Waals surface area contributed by atoms with E-state index in [1.165, 1.54) is 29.4 Å². The normalized spacial score (nSPS) is 17.3. The zero-order chi connectivity index (χ0) is 27.0. The van der Waals surface area contributed by atoms with Gasteiger partial charge in [0.2, 0.25) is 5.88 Å². The van der Waals surface area contributed by atoms with Crippen molar-refractivity contribution in [1.29, 1.82) is 0 Å². The van der Waals surface area contributed by atoms with Gasteiger partial charge in [0.25, 0.3) is 0 Å². The summed E-state index contributed by atoms with van der Waals surface area (Å²) in [5.74, 6) is 0.675. The van der Waals surface area contributed by atoms with Gasteiger partial charge < -0.3 is 14.7 Å². The number of alkyl halides is 3. The second kappa shape index (κ2) is 10.3. The molecule has 0 radical (unpaired) electrons. The van der Waals surface area contributed by atoms with E-state index in [1.807, 2.05) is 6.92 Å². The molecular weight excluding hydrogens is 525 g/mol. The summed E-state index contributed by atoms with van der Waals surface area (Å²) >= 11 is 6.49. The molecule has 2 N–H and O–H groups in total. The molecule has 3 aromatic rings. The molecule has 2 bridgehead atoms. The smallest absolute Gasteiger partial charge is 0.416 e. The van der Waals surface area contributed by atoms with Crippen molar-refractivity contribution in [2.75, 3.05) is 34.8 Å². The van der Waals surface area contributed by atoms with Crippen LogP contribution in [0.4, 0.5) is 35.3 Å². The van der Waals surface area contributed by atoms with Gasteiger partial charge in [0, 0.05) is 18.7 Å². The molecule has 2 atom stereocenters. The fourth-order valence-corrected chi connectivity index (χ4v) is 4.71. The van der Waals surface area contributed by atoms with E-state index in [0.29, 0.717) is 37.4 Å². The number of nitrogens with one attached hydrogen (secondary N) is 1. The van der Waals surface area contributed by atoms with Crippen LogP contribution in [0.2, 0.25) is 5.02 Å². The minimum absolute atomic E-state index is 0.0715. The molecule has 2 amide bonds. The largest absolute Gasteiger partial charge is 0.474 e. The van der Waals surface area contributed by atoms with Crippen LogP contribution < -0.4 is 19.9 Å². The Kier molecular flexibility index (Phi) is 7.01. The number of fused-ring (bicyclic) bond motifs is 4. The number of anilines is 3. The van der Waals surface area contributed by atoms with Gasteiger partial charge in [-0.05, 0) is 31.0 Å². The summed E-state index contributed by atoms with van der Waals surface area (Å²) in [6.07, 6.45) is -1.26. The Morgan fingerprint density at radius 3 is 2.82 bits per heavy atom. The molecule has 200 valence electrons. The third-order valence-corrected chi connectivity index (χ3v) is 6.76. The number of urea groups is 1. The quantitative estimate of drug-likeness (QED) is 0.447. The van der Waals surface area contributed by atoms with Crippen LogP contribution in [0.3, 0.4) is 0 Å². The fourth-order valence-electron chi connectivity index (χ4n) is 4.46. The summed E-state index contributed by atoms with van der Waals surface area (Å²) in [4.78, 5) is 29.8. The van der Waals surface area contributed by atoms with Crippen LogP contribution in [0, 0.1) is 0 Å². The van der Waals surface area contributed by atoms with Gasteiger partial charge in [-0.25, -0.2) is 19.7 Å². The van der Waals surface area contributed by atoms with Crippen molar-refractivity contribution < 1.29 is 27.8 Å². The lowest BCUT2D eigenvalue weighted by Crippen LogP contribution is -2.48. The maximum absolute atomic E-state index is 13.4. The van der Waals surface area contributed by atoms with Crippen molar-refractivity contribution in [1.82, 2.24) is 15.0 Å². The molecular formula is C25H24ClF3N6O3. The van der Waals surface area contributed by atoms with Crippen molar-refractivity contribution in [2.45, 2.75) is 38.1 Å². The molecule has 38 heavy (non-hydrogen) atoms. The predicted octanol–water partition coefficient (Wildman–Crippen LogP) is 4.99. The number of hydrogen-bond donors (Lipinski definition) is 2. The Morgan fingerprint density at radius 1 is 1.29 bits per heavy atom. The van der Waals surface area contributed by atoms with Crippen LogP contribution in [0.1, 0.15) is 25.3 Å². The number of aromatic nitrogens is 3. The van der Waals surface area contributed by atoms with E-state index in [2.05, 4.69) is 25.2 Å². The molecule has 2 aromatic heterocycles. The lowest BCUT2D eigenvalue weighted by Gasteiger charge is -2.36. The highest BCUT2D eigenvalue weighted by Gasteiger charge is 2.41. The summed E-state index contributed by atoms with van der Waals surface area (Å²) in [6.45, 7) is 3.14. The number of pyridine rings is 1. The van der Waals surface area contributed by atoms with E-state index < -0.39 is 23.9 Å². The predicted molar refractivity (Wildman–Crippen MR) is 136 cm³/mol. The molecule has 9 nitrogen and oxygen atoms in total. The van der Waals surface area contributed by atoms with Gasteiger partial charge in [0.1, 0.15) is 6.61 Å². The molecule has 0 spiro atoms. The Hall–Kier alpha value is -3.64. The Labute approximate surface area is 221 Å². The SMILES string of the molecule is CC[C@@H](O)COc1cnc(NC(=O)N2c3nc(-c4cccc(C(F)(F)F)c4)c(Cl)cc3N3CC[C@H]2C3)cn1. The number of ether oxygens (including phenoxy) is 1. The third kappa shape index (κ3) is 5.18. The Morgan fingerprint density at radius 2 is 2.11 bits per heavy atom. The summed E-state index contributed by atoms with van der Waals surface area (Å²) < 4.78 is 45.3. The number of carbonyl (C=O) groups is 1. The van der Waals surface area contributed by atoms with Gasteiger partial charge in [0.15, 0.2) is 11.6 Å². The molecule has 0 unspecified atom stereocenters. The average molecular weight is 549 g/mol. The van der Waals surface area contributed by atoms with Crippen LogP contribution in [0.15, 0.2) is 42.7 Å². The van der Waals surface area contributed by atoms with Crippen molar-refractivity contribution in [3.05, 3.63) is 53.3 Å². The number of benzene rings is 1. The second-order valence-corrected chi connectivity index (χ2v) is 9.45. The van der Waals surface area contributed by atoms with Crippen molar-refractivity contribution in [2.24, 2.45) is 0 Å². The first-order valence-electron chi connectivity index (χ1n) is 12.0. The van der Waals surface area contributed by atoms with Crippen molar-refractivity contribution in [3.8, 4) is 17.1 Å². The number of halogens is 4. The van der Waals surface area contributed by atoms with E-state index in [0.717, 1.165) is 12.1 Å². The second-order valence-electron chi connectivity index (χ2n) is 9.04. The van der Waals surface area contributed by atoms with Crippen LogP contribution in [-0.4, -0.2) is 57.9 Å². The van der Waals surface area contributed by atoms with Gasteiger partial charge in [-0.15, -0.1) is 0 Å². The van der Waals surface area contributed by atoms with Crippen LogP contribution in [0.25, 0.3) is 11.3 Å². The highest BCUT2D eigenvalue weighted by atomic mass is 35.5. The third-order valence-electron chi connectivity index (χ3n) is 6.47. The van der Waals surface area contributed by atoms with E-state index in [9.17, 15) is 23.1 Å². The first kappa shape index (κ1) is 26.0. The van der Waals surface area contributed by atoms with Gasteiger partial charge in [0.05, 0.1) is 46.5 Å². The maximum atomic E-state index is 13.4. The van der Waals surface area contributed by atoms with E-state index >= 15 is 0 Å². The van der Waals surface area contributed by atoms with Gasteiger partial charge in [-0.1, -0.05) is 30.7 Å². The molecule has 5 rings (SSSR count). The molecule has 1 aromatic carbocycles. The Bertz CT molecular complexity index is 1340. The van der Waals surface area contributed by atoms with Crippen molar-refractivity contribution in [3.63, 3.8) is 0 Å². The molecule has 1 saturated heterocycles. The average Bonchev–Trinajstić information content (AvgIpc) is 3.32. The van der Waals surface area contributed by atoms with E-state index in [1.54, 1.807) is 6.07 Å². The number of hydrogen-bond acceptors (Lipinski definition) is 7. The first-order valence-corrected chi connectivity index (χ1v) is 12.4. The first-order chi connectivity index (χ1) is 18.1. The number of nitrogens with zero attached hydrogens (tertiary/aromatic N) is 5. The molecule has 0 aliphatic carbocycles. The van der Waals surface area contributed by atoms with Gasteiger partial charge >= 0.3 is 12.2 Å². The van der Waals surface area contributed by atoms with Crippen LogP contribution in [-0.2, 0) is 6.18 Å². The highest BCUT2D eigenvalue weighted by molar-refractivity contribution is 6.33. The number of rotatable bonds is 6. The lowest BCUT2D eigenvalue weighted by atomic mass is 10.1. The van der Waals surface area contributed by atoms with Gasteiger partial charge in [-0.3, -0.25) is 10.2 Å². The van der Waals surface area contributed by atoms with Crippen LogP contribution >= 0.6 is 11.6 Å². The molecule has 13 heteroatoms. The monoisotopic (exact) mass is 548 g/mol. The molecule has 2 aliphatic heterocycles. The number of aliphatic hydroxyl groups is 1. The van der Waals surface area contributed by atoms with E-state index in [4.69, 9.17) is 16.3 Å². The minimum atomic E-state index is -4.52. The summed E-state index contributed by atoms with van der Waals surface area (Å²) in [6, 6.07) is 5.69. The minimum Gasteiger partial charge on any atom is -0.474 e. The Balaban J connectivity index is 1.43. The van der Waals surface area contributed by atoms with Gasteiger partial charge in [-0.2, -0.15) is 13.2 Å². The van der Waals surface area contributed by atoms with Crippen molar-refractivity contribution >= 4 is 35.0 Å². The van der Waals surface area contributed by atoms with E-state index in [-0.39, 0.29) is 40.6 Å². The van der Waals surface area contributed by atoms with Crippen LogP contribution in [0.5, 0.6) is 5.88 Å². The standard InChI is InChI=1S/C25H24ClF3N6O3/c1-2-17(36)13-38-21-11-30-20(10-31-21)32-24(37)35-16-6-7-34(12-16)19-9-18(26)22(33-23(19)35)14-4-3-5-15(8-14)25(27,28)29/h3-5,8-11,16-17,36H,2,6-7,12-13H2,1H3,(H,30,32,37)/t16-,17+/m0/s1. The zero-order valence-corrected chi connectivity index (χ0v) is 21.0. The molecule has 4 heterocycles. The number of amides is 2. The summed E-state index contributed by atoms with van der Waals surface area (Å²) in [5, 5.41) is 12.5. The number of carbonyl (C=O) groups excluding carboxylic acids is 1. The summed E-state index contributed by atoms with van der Waals surface area (Å²) in [5.41, 5.74) is 0.140. The highest BCUT2D eigenvalue weighted by Crippen LogP contribution is 2.43. The fraction of sp³-hybridized carbons (Fsp3) is 0.360. The maximum Gasteiger partial charge on any atom is 0.416 e. The summed E-state index contributed by atoms with van der Waals surface area (Å²) in [7, 11) is 0. The molecule has 1 fully saturated rings.